The Hall–Kier alpha value is -1.93. The molecule has 0 amide bonds. The van der Waals surface area contributed by atoms with Crippen molar-refractivity contribution in [2.24, 2.45) is 5.92 Å². The molecule has 0 unspecified atom stereocenters. The zero-order chi connectivity index (χ0) is 45.1. The van der Waals surface area contributed by atoms with Crippen LogP contribution in [0.4, 0.5) is 11.4 Å². The Balaban J connectivity index is 2.42. The topological polar surface area (TPSA) is 97.0 Å². The maximum atomic E-state index is 12.9. The second kappa shape index (κ2) is 43.0. The Morgan fingerprint density at radius 1 is 0.484 bits per heavy atom. The third kappa shape index (κ3) is 31.8. The number of nitrogens with zero attached hydrogens (tertiary/aromatic N) is 1. The van der Waals surface area contributed by atoms with Crippen molar-refractivity contribution >= 4 is 17.3 Å². The van der Waals surface area contributed by atoms with Gasteiger partial charge in [-0.25, -0.2) is 0 Å². The van der Waals surface area contributed by atoms with Gasteiger partial charge >= 0.3 is 5.97 Å². The minimum absolute atomic E-state index is 0.0128. The van der Waals surface area contributed by atoms with Gasteiger partial charge in [-0.15, -0.1) is 0 Å². The zero-order valence-electron chi connectivity index (χ0n) is 41.8. The average Bonchev–Trinajstić information content (AvgIpc) is 3.27. The van der Waals surface area contributed by atoms with E-state index in [4.69, 9.17) is 9.47 Å². The number of unbranched alkanes of at least 4 members (excludes halogenated alkanes) is 23. The van der Waals surface area contributed by atoms with E-state index >= 15 is 0 Å². The van der Waals surface area contributed by atoms with Gasteiger partial charge in [0.25, 0.3) is 10.9 Å². The summed E-state index contributed by atoms with van der Waals surface area (Å²) in [6, 6.07) is 0. The Morgan fingerprint density at radius 2 is 0.919 bits per heavy atom. The molecule has 1 aromatic rings. The molecule has 0 aliphatic carbocycles. The Kier molecular flexibility index (Phi) is 40.3. The number of carbonyl (C=O) groups is 1. The second-order valence-electron chi connectivity index (χ2n) is 18.9. The standard InChI is InChI=1S/C54H103N3O5/c1-6-10-14-18-21-29-38-49(39-30-22-19-15-11-7-2)62-50(58)40-31-23-20-24-32-43-57(45-35-42-56-52-51(55-5)53(59)54(52)60)44-33-25-26-34-46-61-47-41-48(36-27-16-12-8-3)37-28-17-13-9-4/h48-49,55-56H,6-47H2,1-5H3. The van der Waals surface area contributed by atoms with Crippen LogP contribution in [-0.4, -0.2) is 63.4 Å². The average molecular weight is 874 g/mol. The molecular formula is C54H103N3O5. The summed E-state index contributed by atoms with van der Waals surface area (Å²) in [6.07, 6.45) is 44.1. The van der Waals surface area contributed by atoms with Gasteiger partial charge in [0.2, 0.25) is 0 Å². The van der Waals surface area contributed by atoms with E-state index in [0.29, 0.717) is 24.3 Å². The number of carbonyl (C=O) groups excluding carboxylic acids is 1. The van der Waals surface area contributed by atoms with Crippen molar-refractivity contribution in [3.8, 4) is 0 Å². The minimum atomic E-state index is -0.421. The molecular weight excluding hydrogens is 771 g/mol. The van der Waals surface area contributed by atoms with Gasteiger partial charge in [0.1, 0.15) is 17.5 Å². The lowest BCUT2D eigenvalue weighted by atomic mass is 9.92. The first-order valence-electron chi connectivity index (χ1n) is 27.2. The highest BCUT2D eigenvalue weighted by Gasteiger charge is 2.19. The van der Waals surface area contributed by atoms with Gasteiger partial charge in [-0.2, -0.15) is 0 Å². The van der Waals surface area contributed by atoms with Gasteiger partial charge in [0, 0.05) is 33.2 Å². The summed E-state index contributed by atoms with van der Waals surface area (Å²) < 4.78 is 12.2. The first-order chi connectivity index (χ1) is 30.4. The summed E-state index contributed by atoms with van der Waals surface area (Å²) >= 11 is 0. The fourth-order valence-electron chi connectivity index (χ4n) is 8.99. The number of esters is 1. The maximum absolute atomic E-state index is 12.9. The number of hydrogen-bond acceptors (Lipinski definition) is 8. The zero-order valence-corrected chi connectivity index (χ0v) is 41.8. The molecule has 0 spiro atoms. The van der Waals surface area contributed by atoms with Crippen LogP contribution in [0.3, 0.4) is 0 Å². The Morgan fingerprint density at radius 3 is 1.47 bits per heavy atom. The van der Waals surface area contributed by atoms with Crippen molar-refractivity contribution in [3.05, 3.63) is 20.4 Å². The SMILES string of the molecule is CCCCCCCCC(CCCCCCCC)OC(=O)CCCCCCCN(CCCCCCOCCC(CCCCCC)CCCCCC)CCCNc1c(NC)c(=O)c1=O. The minimum Gasteiger partial charge on any atom is -0.462 e. The predicted molar refractivity (Wildman–Crippen MR) is 269 cm³/mol. The van der Waals surface area contributed by atoms with Crippen LogP contribution in [0.2, 0.25) is 0 Å². The van der Waals surface area contributed by atoms with E-state index in [1.54, 1.807) is 7.05 Å². The van der Waals surface area contributed by atoms with Crippen molar-refractivity contribution in [1.29, 1.82) is 0 Å². The van der Waals surface area contributed by atoms with E-state index in [-0.39, 0.29) is 12.1 Å². The maximum Gasteiger partial charge on any atom is 0.306 e. The second-order valence-corrected chi connectivity index (χ2v) is 18.9. The third-order valence-electron chi connectivity index (χ3n) is 13.1. The van der Waals surface area contributed by atoms with Crippen molar-refractivity contribution in [2.75, 3.05) is 57.1 Å². The van der Waals surface area contributed by atoms with Gasteiger partial charge in [-0.1, -0.05) is 188 Å². The molecule has 0 bridgehead atoms. The largest absolute Gasteiger partial charge is 0.462 e. The normalized spacial score (nSPS) is 11.8. The summed E-state index contributed by atoms with van der Waals surface area (Å²) in [7, 11) is 1.69. The van der Waals surface area contributed by atoms with Crippen LogP contribution in [0.15, 0.2) is 9.59 Å². The summed E-state index contributed by atoms with van der Waals surface area (Å²) in [5, 5.41) is 6.07. The molecule has 0 fully saturated rings. The van der Waals surface area contributed by atoms with Gasteiger partial charge in [0.05, 0.1) is 0 Å². The quantitative estimate of drug-likeness (QED) is 0.0380. The van der Waals surface area contributed by atoms with Crippen LogP contribution >= 0.6 is 0 Å². The molecule has 1 aromatic carbocycles. The molecule has 1 rings (SSSR count). The molecule has 0 atom stereocenters. The first kappa shape index (κ1) is 58.1. The molecule has 364 valence electrons. The number of hydrogen-bond donors (Lipinski definition) is 2. The summed E-state index contributed by atoms with van der Waals surface area (Å²) in [6.45, 7) is 14.7. The lowest BCUT2D eigenvalue weighted by Crippen LogP contribution is -2.37. The first-order valence-corrected chi connectivity index (χ1v) is 27.2. The highest BCUT2D eigenvalue weighted by molar-refractivity contribution is 5.73. The van der Waals surface area contributed by atoms with Crippen LogP contribution in [0.5, 0.6) is 0 Å². The van der Waals surface area contributed by atoms with Gasteiger partial charge in [-0.3, -0.25) is 14.4 Å². The monoisotopic (exact) mass is 874 g/mol. The summed E-state index contributed by atoms with van der Waals surface area (Å²) in [4.78, 5) is 39.3. The molecule has 8 heteroatoms. The van der Waals surface area contributed by atoms with Crippen LogP contribution in [0.1, 0.15) is 259 Å². The van der Waals surface area contributed by atoms with E-state index in [9.17, 15) is 14.4 Å². The molecule has 8 nitrogen and oxygen atoms in total. The van der Waals surface area contributed by atoms with Crippen LogP contribution in [0.25, 0.3) is 0 Å². The van der Waals surface area contributed by atoms with Gasteiger partial charge in [0.15, 0.2) is 0 Å². The highest BCUT2D eigenvalue weighted by Crippen LogP contribution is 2.22. The van der Waals surface area contributed by atoms with Crippen LogP contribution < -0.4 is 21.5 Å². The molecule has 0 aromatic heterocycles. The molecule has 0 saturated heterocycles. The summed E-state index contributed by atoms with van der Waals surface area (Å²) in [5.41, 5.74) is 0.0229. The van der Waals surface area contributed by atoms with Crippen molar-refractivity contribution in [1.82, 2.24) is 4.90 Å². The lowest BCUT2D eigenvalue weighted by Gasteiger charge is -2.23. The van der Waals surface area contributed by atoms with Gasteiger partial charge < -0.3 is 25.0 Å². The van der Waals surface area contributed by atoms with Crippen LogP contribution in [0, 0.1) is 5.92 Å². The molecule has 62 heavy (non-hydrogen) atoms. The fraction of sp³-hybridized carbons (Fsp3) is 0.907. The van der Waals surface area contributed by atoms with E-state index in [1.165, 1.54) is 173 Å². The molecule has 0 radical (unpaired) electrons. The summed E-state index contributed by atoms with van der Waals surface area (Å²) in [5.74, 6) is 0.850. The molecule has 0 aliphatic heterocycles. The van der Waals surface area contributed by atoms with Crippen molar-refractivity contribution in [2.45, 2.75) is 265 Å². The van der Waals surface area contributed by atoms with Gasteiger partial charge in [-0.05, 0) is 89.8 Å². The van der Waals surface area contributed by atoms with Crippen molar-refractivity contribution < 1.29 is 14.3 Å². The van der Waals surface area contributed by atoms with Crippen LogP contribution in [-0.2, 0) is 14.3 Å². The molecule has 2 N–H and O–H groups in total. The number of anilines is 2. The predicted octanol–water partition coefficient (Wildman–Crippen LogP) is 14.7. The molecule has 0 aliphatic rings. The third-order valence-corrected chi connectivity index (χ3v) is 13.1. The van der Waals surface area contributed by atoms with E-state index in [2.05, 4.69) is 43.2 Å². The van der Waals surface area contributed by atoms with E-state index in [1.807, 2.05) is 0 Å². The lowest BCUT2D eigenvalue weighted by molar-refractivity contribution is -0.150. The van der Waals surface area contributed by atoms with E-state index in [0.717, 1.165) is 90.1 Å². The molecule has 0 heterocycles. The van der Waals surface area contributed by atoms with Crippen molar-refractivity contribution in [3.63, 3.8) is 0 Å². The Bertz CT molecular complexity index is 1170. The number of nitrogens with one attached hydrogen (secondary N) is 2. The number of ether oxygens (including phenoxy) is 2. The Labute approximate surface area is 383 Å². The highest BCUT2D eigenvalue weighted by atomic mass is 16.5. The number of rotatable bonds is 49. The molecule has 0 saturated carbocycles. The fourth-order valence-corrected chi connectivity index (χ4v) is 8.99. The van der Waals surface area contributed by atoms with E-state index < -0.39 is 10.9 Å². The smallest absolute Gasteiger partial charge is 0.306 e.